The number of thioether (sulfide) groups is 1. The summed E-state index contributed by atoms with van der Waals surface area (Å²) < 4.78 is 0. The number of benzene rings is 1. The molecule has 1 atom stereocenters. The Labute approximate surface area is 131 Å². The maximum absolute atomic E-state index is 9.02. The molecule has 2 heterocycles. The average molecular weight is 311 g/mol. The Morgan fingerprint density at radius 3 is 2.71 bits per heavy atom. The molecule has 104 valence electrons. The molecule has 3 nitrogen and oxygen atoms in total. The number of fused-ring (bicyclic) bond motifs is 1. The predicted molar refractivity (Wildman–Crippen MR) is 88.5 cm³/mol. The molecule has 21 heavy (non-hydrogen) atoms. The standard InChI is InChI=1S/C16H13N3S2/c1-10-3-5-12(6-4-10)13-8-20-15-14(13)16(19-9-18-15)21-11(2)7-17/h3-6,8-9,11H,1-2H3. The van der Waals surface area contributed by atoms with Crippen LogP contribution in [0.25, 0.3) is 21.3 Å². The minimum Gasteiger partial charge on any atom is -0.229 e. The lowest BCUT2D eigenvalue weighted by Gasteiger charge is -2.06. The summed E-state index contributed by atoms with van der Waals surface area (Å²) in [7, 11) is 0. The van der Waals surface area contributed by atoms with Gasteiger partial charge in [-0.05, 0) is 19.4 Å². The summed E-state index contributed by atoms with van der Waals surface area (Å²) in [6.45, 7) is 3.96. The van der Waals surface area contributed by atoms with Crippen LogP contribution in [0, 0.1) is 18.3 Å². The lowest BCUT2D eigenvalue weighted by molar-refractivity contribution is 1.10. The van der Waals surface area contributed by atoms with Gasteiger partial charge in [0, 0.05) is 10.9 Å². The second-order valence-electron chi connectivity index (χ2n) is 4.76. The van der Waals surface area contributed by atoms with Crippen LogP contribution in [-0.4, -0.2) is 15.2 Å². The molecule has 5 heteroatoms. The minimum absolute atomic E-state index is 0.131. The van der Waals surface area contributed by atoms with Crippen LogP contribution in [0.4, 0.5) is 0 Å². The molecule has 1 unspecified atom stereocenters. The Balaban J connectivity index is 2.16. The van der Waals surface area contributed by atoms with Crippen molar-refractivity contribution < 1.29 is 0 Å². The Kier molecular flexibility index (Phi) is 3.91. The van der Waals surface area contributed by atoms with E-state index >= 15 is 0 Å². The molecule has 0 aliphatic carbocycles. The Morgan fingerprint density at radius 2 is 2.00 bits per heavy atom. The van der Waals surface area contributed by atoms with Gasteiger partial charge in [-0.15, -0.1) is 11.3 Å². The average Bonchev–Trinajstić information content (AvgIpc) is 2.93. The van der Waals surface area contributed by atoms with E-state index in [9.17, 15) is 0 Å². The van der Waals surface area contributed by atoms with Crippen LogP contribution >= 0.6 is 23.1 Å². The molecular weight excluding hydrogens is 298 g/mol. The Bertz CT molecular complexity index is 816. The van der Waals surface area contributed by atoms with Crippen LogP contribution < -0.4 is 0 Å². The van der Waals surface area contributed by atoms with Gasteiger partial charge >= 0.3 is 0 Å². The third kappa shape index (κ3) is 2.78. The molecule has 2 aromatic heterocycles. The van der Waals surface area contributed by atoms with Gasteiger partial charge in [0.1, 0.15) is 16.2 Å². The zero-order chi connectivity index (χ0) is 14.8. The van der Waals surface area contributed by atoms with Crippen molar-refractivity contribution >= 4 is 33.3 Å². The summed E-state index contributed by atoms with van der Waals surface area (Å²) in [6.07, 6.45) is 1.57. The molecule has 3 aromatic rings. The first kappa shape index (κ1) is 14.1. The molecule has 0 bridgehead atoms. The first-order valence-electron chi connectivity index (χ1n) is 6.54. The molecule has 0 aliphatic heterocycles. The zero-order valence-corrected chi connectivity index (χ0v) is 13.3. The molecule has 0 fully saturated rings. The fourth-order valence-corrected chi connectivity index (χ4v) is 3.88. The molecule has 1 aromatic carbocycles. The fourth-order valence-electron chi connectivity index (χ4n) is 2.08. The molecule has 0 radical (unpaired) electrons. The molecule has 0 amide bonds. The van der Waals surface area contributed by atoms with Crippen LogP contribution in [0.3, 0.4) is 0 Å². The smallest absolute Gasteiger partial charge is 0.128 e. The van der Waals surface area contributed by atoms with E-state index in [1.54, 1.807) is 17.7 Å². The van der Waals surface area contributed by atoms with Crippen molar-refractivity contribution in [2.75, 3.05) is 0 Å². The van der Waals surface area contributed by atoms with Crippen molar-refractivity contribution in [3.8, 4) is 17.2 Å². The molecule has 0 aliphatic rings. The number of aromatic nitrogens is 2. The highest BCUT2D eigenvalue weighted by atomic mass is 32.2. The highest BCUT2D eigenvalue weighted by Gasteiger charge is 2.15. The molecule has 0 saturated heterocycles. The van der Waals surface area contributed by atoms with Gasteiger partial charge in [-0.25, -0.2) is 9.97 Å². The SMILES string of the molecule is Cc1ccc(-c2csc3ncnc(SC(C)C#N)c23)cc1. The van der Waals surface area contributed by atoms with E-state index in [0.717, 1.165) is 26.4 Å². The predicted octanol–water partition coefficient (Wildman–Crippen LogP) is 4.67. The molecular formula is C16H13N3S2. The van der Waals surface area contributed by atoms with E-state index in [-0.39, 0.29) is 5.25 Å². The van der Waals surface area contributed by atoms with Crippen LogP contribution in [0.1, 0.15) is 12.5 Å². The molecule has 0 N–H and O–H groups in total. The van der Waals surface area contributed by atoms with Crippen LogP contribution in [0.2, 0.25) is 0 Å². The van der Waals surface area contributed by atoms with E-state index in [1.165, 1.54) is 17.3 Å². The number of rotatable bonds is 3. The van der Waals surface area contributed by atoms with E-state index < -0.39 is 0 Å². The summed E-state index contributed by atoms with van der Waals surface area (Å²) in [5.74, 6) is 0. The monoisotopic (exact) mass is 311 g/mol. The lowest BCUT2D eigenvalue weighted by atomic mass is 10.1. The first-order chi connectivity index (χ1) is 10.2. The normalized spacial score (nSPS) is 12.2. The van der Waals surface area contributed by atoms with Crippen LogP contribution in [0.15, 0.2) is 41.0 Å². The second kappa shape index (κ2) is 5.84. The van der Waals surface area contributed by atoms with Gasteiger partial charge in [0.05, 0.1) is 16.7 Å². The zero-order valence-electron chi connectivity index (χ0n) is 11.7. The van der Waals surface area contributed by atoms with Gasteiger partial charge in [0.25, 0.3) is 0 Å². The lowest BCUT2D eigenvalue weighted by Crippen LogP contribution is -1.93. The first-order valence-corrected chi connectivity index (χ1v) is 8.30. The number of hydrogen-bond donors (Lipinski definition) is 0. The molecule has 0 saturated carbocycles. The molecule has 3 rings (SSSR count). The number of nitrogens with zero attached hydrogens (tertiary/aromatic N) is 3. The second-order valence-corrected chi connectivity index (χ2v) is 6.95. The third-order valence-electron chi connectivity index (χ3n) is 3.17. The van der Waals surface area contributed by atoms with Crippen molar-refractivity contribution in [2.45, 2.75) is 24.1 Å². The van der Waals surface area contributed by atoms with E-state index in [1.807, 2.05) is 6.92 Å². The number of hydrogen-bond acceptors (Lipinski definition) is 5. The fraction of sp³-hybridized carbons (Fsp3) is 0.188. The highest BCUT2D eigenvalue weighted by Crippen LogP contribution is 2.38. The number of nitriles is 1. The van der Waals surface area contributed by atoms with Gasteiger partial charge in [0.15, 0.2) is 0 Å². The van der Waals surface area contributed by atoms with Gasteiger partial charge in [-0.2, -0.15) is 5.26 Å². The summed E-state index contributed by atoms with van der Waals surface area (Å²) in [5, 5.41) is 12.9. The van der Waals surface area contributed by atoms with E-state index in [2.05, 4.69) is 52.6 Å². The van der Waals surface area contributed by atoms with Gasteiger partial charge in [-0.3, -0.25) is 0 Å². The highest BCUT2D eigenvalue weighted by molar-refractivity contribution is 8.00. The van der Waals surface area contributed by atoms with Crippen LogP contribution in [-0.2, 0) is 0 Å². The van der Waals surface area contributed by atoms with Crippen LogP contribution in [0.5, 0.6) is 0 Å². The van der Waals surface area contributed by atoms with E-state index in [4.69, 9.17) is 5.26 Å². The third-order valence-corrected chi connectivity index (χ3v) is 5.05. The number of aryl methyl sites for hydroxylation is 1. The van der Waals surface area contributed by atoms with E-state index in [0.29, 0.717) is 0 Å². The summed E-state index contributed by atoms with van der Waals surface area (Å²) >= 11 is 3.10. The maximum Gasteiger partial charge on any atom is 0.128 e. The summed E-state index contributed by atoms with van der Waals surface area (Å²) in [6, 6.07) is 10.7. The Hall–Kier alpha value is -1.90. The molecule has 0 spiro atoms. The van der Waals surface area contributed by atoms with Crippen molar-refractivity contribution in [3.63, 3.8) is 0 Å². The number of thiophene rings is 1. The van der Waals surface area contributed by atoms with Crippen molar-refractivity contribution in [1.29, 1.82) is 5.26 Å². The minimum atomic E-state index is -0.131. The topological polar surface area (TPSA) is 49.6 Å². The quantitative estimate of drug-likeness (QED) is 0.521. The van der Waals surface area contributed by atoms with Crippen molar-refractivity contribution in [3.05, 3.63) is 41.5 Å². The Morgan fingerprint density at radius 1 is 1.24 bits per heavy atom. The van der Waals surface area contributed by atoms with Crippen molar-refractivity contribution in [2.24, 2.45) is 0 Å². The largest absolute Gasteiger partial charge is 0.229 e. The summed E-state index contributed by atoms with van der Waals surface area (Å²) in [5.41, 5.74) is 3.54. The van der Waals surface area contributed by atoms with Gasteiger partial charge in [-0.1, -0.05) is 41.6 Å². The van der Waals surface area contributed by atoms with Gasteiger partial charge < -0.3 is 0 Å². The van der Waals surface area contributed by atoms with Crippen molar-refractivity contribution in [1.82, 2.24) is 9.97 Å². The summed E-state index contributed by atoms with van der Waals surface area (Å²) in [4.78, 5) is 9.69. The maximum atomic E-state index is 9.02. The van der Waals surface area contributed by atoms with Gasteiger partial charge in [0.2, 0.25) is 0 Å².